The molecule has 2 aliphatic heterocycles. The van der Waals surface area contributed by atoms with Crippen LogP contribution in [0.1, 0.15) is 12.8 Å². The van der Waals surface area contributed by atoms with E-state index in [0.29, 0.717) is 12.8 Å². The van der Waals surface area contributed by atoms with Crippen LogP contribution in [0.3, 0.4) is 0 Å². The summed E-state index contributed by atoms with van der Waals surface area (Å²) in [5.41, 5.74) is -0.583. The van der Waals surface area contributed by atoms with E-state index in [1.807, 2.05) is 0 Å². The zero-order valence-corrected chi connectivity index (χ0v) is 8.30. The topological polar surface area (TPSA) is 61.4 Å². The van der Waals surface area contributed by atoms with Crippen LogP contribution < -0.4 is 10.6 Å². The van der Waals surface area contributed by atoms with E-state index in [4.69, 9.17) is 0 Å². The van der Waals surface area contributed by atoms with Gasteiger partial charge in [-0.25, -0.2) is 0 Å². The normalized spacial score (nSPS) is 26.5. The zero-order valence-electron chi connectivity index (χ0n) is 8.30. The van der Waals surface area contributed by atoms with Crippen molar-refractivity contribution >= 4 is 11.8 Å². The van der Waals surface area contributed by atoms with Gasteiger partial charge in [-0.1, -0.05) is 0 Å². The fourth-order valence-electron chi connectivity index (χ4n) is 2.23. The third kappa shape index (κ3) is 1.19. The van der Waals surface area contributed by atoms with Gasteiger partial charge in [-0.05, 0) is 25.9 Å². The molecule has 78 valence electrons. The van der Waals surface area contributed by atoms with E-state index < -0.39 is 5.54 Å². The van der Waals surface area contributed by atoms with E-state index in [1.165, 1.54) is 0 Å². The number of piperazine rings is 1. The van der Waals surface area contributed by atoms with E-state index in [2.05, 4.69) is 10.6 Å². The molecule has 0 atom stereocenters. The molecule has 2 amide bonds. The zero-order chi connectivity index (χ0) is 10.2. The highest BCUT2D eigenvalue weighted by Crippen LogP contribution is 2.27. The Hall–Kier alpha value is -1.10. The van der Waals surface area contributed by atoms with E-state index in [9.17, 15) is 9.59 Å². The molecule has 0 saturated carbocycles. The van der Waals surface area contributed by atoms with Gasteiger partial charge in [0.1, 0.15) is 5.54 Å². The van der Waals surface area contributed by atoms with Gasteiger partial charge in [-0.15, -0.1) is 0 Å². The number of likely N-dealkylation sites (N-methyl/N-ethyl adjacent to an activating group) is 1. The Bertz CT molecular complexity index is 271. The van der Waals surface area contributed by atoms with Gasteiger partial charge in [-0.3, -0.25) is 9.59 Å². The maximum absolute atomic E-state index is 11.8. The second kappa shape index (κ2) is 3.24. The molecule has 0 bridgehead atoms. The summed E-state index contributed by atoms with van der Waals surface area (Å²) in [4.78, 5) is 24.9. The lowest BCUT2D eigenvalue weighted by Crippen LogP contribution is -2.68. The van der Waals surface area contributed by atoms with Gasteiger partial charge in [0.05, 0.1) is 6.54 Å². The van der Waals surface area contributed by atoms with Crippen molar-refractivity contribution in [3.8, 4) is 0 Å². The predicted octanol–water partition coefficient (Wildman–Crippen LogP) is -1.30. The summed E-state index contributed by atoms with van der Waals surface area (Å²) >= 11 is 0. The van der Waals surface area contributed by atoms with Gasteiger partial charge in [-0.2, -0.15) is 0 Å². The monoisotopic (exact) mass is 197 g/mol. The maximum atomic E-state index is 11.8. The molecular formula is C9H15N3O2. The van der Waals surface area contributed by atoms with Crippen LogP contribution in [0.15, 0.2) is 0 Å². The first-order valence-electron chi connectivity index (χ1n) is 4.92. The molecule has 0 aliphatic carbocycles. The van der Waals surface area contributed by atoms with Gasteiger partial charge in [0.25, 0.3) is 0 Å². The molecule has 2 heterocycles. The smallest absolute Gasteiger partial charge is 0.246 e. The highest BCUT2D eigenvalue weighted by atomic mass is 16.2. The molecule has 14 heavy (non-hydrogen) atoms. The van der Waals surface area contributed by atoms with Crippen molar-refractivity contribution in [3.05, 3.63) is 0 Å². The Morgan fingerprint density at radius 3 is 2.57 bits per heavy atom. The second-order valence-corrected chi connectivity index (χ2v) is 3.92. The summed E-state index contributed by atoms with van der Waals surface area (Å²) in [6.07, 6.45) is 1.42. The van der Waals surface area contributed by atoms with Gasteiger partial charge in [0, 0.05) is 7.05 Å². The minimum atomic E-state index is -0.583. The van der Waals surface area contributed by atoms with Gasteiger partial charge < -0.3 is 15.5 Å². The summed E-state index contributed by atoms with van der Waals surface area (Å²) in [6.45, 7) is 1.74. The van der Waals surface area contributed by atoms with Crippen molar-refractivity contribution in [1.82, 2.24) is 15.5 Å². The van der Waals surface area contributed by atoms with Crippen LogP contribution in [0.25, 0.3) is 0 Å². The molecule has 2 aliphatic rings. The van der Waals surface area contributed by atoms with E-state index in [1.54, 1.807) is 11.9 Å². The number of nitrogens with one attached hydrogen (secondary N) is 2. The fraction of sp³-hybridized carbons (Fsp3) is 0.778. The van der Waals surface area contributed by atoms with Gasteiger partial charge in [0.15, 0.2) is 0 Å². The number of hydrogen-bond donors (Lipinski definition) is 2. The number of rotatable bonds is 0. The first-order valence-corrected chi connectivity index (χ1v) is 4.92. The molecule has 2 rings (SSSR count). The second-order valence-electron chi connectivity index (χ2n) is 3.92. The summed E-state index contributed by atoms with van der Waals surface area (Å²) in [5.74, 6) is 0.00704. The molecule has 2 saturated heterocycles. The van der Waals surface area contributed by atoms with Gasteiger partial charge in [0.2, 0.25) is 11.8 Å². The van der Waals surface area contributed by atoms with Crippen LogP contribution in [-0.2, 0) is 9.59 Å². The van der Waals surface area contributed by atoms with Crippen LogP contribution in [-0.4, -0.2) is 48.9 Å². The Labute approximate surface area is 82.8 Å². The number of carbonyl (C=O) groups excluding carboxylic acids is 2. The quantitative estimate of drug-likeness (QED) is 0.507. The first kappa shape index (κ1) is 9.45. The number of nitrogens with zero attached hydrogens (tertiary/aromatic N) is 1. The Morgan fingerprint density at radius 1 is 1.29 bits per heavy atom. The molecule has 0 unspecified atom stereocenters. The number of piperidine rings is 1. The minimum Gasteiger partial charge on any atom is -0.345 e. The SMILES string of the molecule is CN1C(=O)CNC(=O)C12CCNCC2. The number of amides is 2. The fourth-order valence-corrected chi connectivity index (χ4v) is 2.23. The van der Waals surface area contributed by atoms with Crippen LogP contribution >= 0.6 is 0 Å². The highest BCUT2D eigenvalue weighted by molar-refractivity contribution is 5.97. The molecule has 0 aromatic rings. The maximum Gasteiger partial charge on any atom is 0.246 e. The van der Waals surface area contributed by atoms with Crippen molar-refractivity contribution in [2.45, 2.75) is 18.4 Å². The molecule has 0 aromatic carbocycles. The standard InChI is InChI=1S/C9H15N3O2/c1-12-7(13)6-11-8(14)9(12)2-4-10-5-3-9/h10H,2-6H2,1H3,(H,11,14). The molecule has 5 nitrogen and oxygen atoms in total. The van der Waals surface area contributed by atoms with E-state index in [0.717, 1.165) is 13.1 Å². The summed E-state index contributed by atoms with van der Waals surface area (Å²) in [6, 6.07) is 0. The predicted molar refractivity (Wildman–Crippen MR) is 50.6 cm³/mol. The van der Waals surface area contributed by atoms with Crippen LogP contribution in [0, 0.1) is 0 Å². The molecule has 0 aromatic heterocycles. The largest absolute Gasteiger partial charge is 0.345 e. The van der Waals surface area contributed by atoms with Gasteiger partial charge >= 0.3 is 0 Å². The lowest BCUT2D eigenvalue weighted by molar-refractivity contribution is -0.153. The van der Waals surface area contributed by atoms with Crippen molar-refractivity contribution in [2.24, 2.45) is 0 Å². The van der Waals surface area contributed by atoms with Crippen LogP contribution in [0.4, 0.5) is 0 Å². The molecular weight excluding hydrogens is 182 g/mol. The minimum absolute atomic E-state index is 0.00102. The molecule has 2 fully saturated rings. The summed E-state index contributed by atoms with van der Waals surface area (Å²) < 4.78 is 0. The average Bonchev–Trinajstić information content (AvgIpc) is 2.23. The highest BCUT2D eigenvalue weighted by Gasteiger charge is 2.47. The third-order valence-electron chi connectivity index (χ3n) is 3.27. The molecule has 1 spiro atoms. The van der Waals surface area contributed by atoms with Crippen molar-refractivity contribution in [1.29, 1.82) is 0 Å². The summed E-state index contributed by atoms with van der Waals surface area (Å²) in [5, 5.41) is 5.86. The first-order chi connectivity index (χ1) is 6.67. The molecule has 5 heteroatoms. The lowest BCUT2D eigenvalue weighted by atomic mass is 9.84. The van der Waals surface area contributed by atoms with Crippen LogP contribution in [0.5, 0.6) is 0 Å². The summed E-state index contributed by atoms with van der Waals surface area (Å²) in [7, 11) is 1.73. The Balaban J connectivity index is 2.27. The Kier molecular flexibility index (Phi) is 2.19. The lowest BCUT2D eigenvalue weighted by Gasteiger charge is -2.46. The number of carbonyl (C=O) groups is 2. The van der Waals surface area contributed by atoms with Crippen molar-refractivity contribution in [2.75, 3.05) is 26.7 Å². The number of hydrogen-bond acceptors (Lipinski definition) is 3. The Morgan fingerprint density at radius 2 is 1.93 bits per heavy atom. The average molecular weight is 197 g/mol. The molecule has 2 N–H and O–H groups in total. The van der Waals surface area contributed by atoms with Crippen molar-refractivity contribution in [3.63, 3.8) is 0 Å². The molecule has 0 radical (unpaired) electrons. The van der Waals surface area contributed by atoms with E-state index in [-0.39, 0.29) is 18.4 Å². The van der Waals surface area contributed by atoms with E-state index >= 15 is 0 Å². The third-order valence-corrected chi connectivity index (χ3v) is 3.27. The van der Waals surface area contributed by atoms with Crippen LogP contribution in [0.2, 0.25) is 0 Å². The van der Waals surface area contributed by atoms with Crippen molar-refractivity contribution < 1.29 is 9.59 Å².